The predicted octanol–water partition coefficient (Wildman–Crippen LogP) is 2.78. The maximum Gasteiger partial charge on any atom is 0.0617 e. The van der Waals surface area contributed by atoms with Crippen molar-refractivity contribution in [1.82, 2.24) is 0 Å². The molecule has 0 aliphatic heterocycles. The number of nitrogens with one attached hydrogen (secondary N) is 1. The van der Waals surface area contributed by atoms with Gasteiger partial charge < -0.3 is 16.8 Å². The van der Waals surface area contributed by atoms with E-state index in [2.05, 4.69) is 24.4 Å². The van der Waals surface area contributed by atoms with Gasteiger partial charge in [0.05, 0.1) is 11.4 Å². The predicted molar refractivity (Wildman–Crippen MR) is 73.2 cm³/mol. The van der Waals surface area contributed by atoms with Gasteiger partial charge in [-0.25, -0.2) is 0 Å². The molecule has 0 unspecified atom stereocenters. The normalized spacial score (nSPS) is 10.2. The number of nitrogen functional groups attached to an aromatic ring is 1. The van der Waals surface area contributed by atoms with E-state index in [1.165, 1.54) is 5.56 Å². The van der Waals surface area contributed by atoms with E-state index in [0.29, 0.717) is 6.54 Å². The Morgan fingerprint density at radius 3 is 2.53 bits per heavy atom. The SMILES string of the molecule is Cc1ccc(Nc2ccccc2N)c(CN)c1. The van der Waals surface area contributed by atoms with Crippen molar-refractivity contribution < 1.29 is 0 Å². The minimum atomic E-state index is 0.511. The summed E-state index contributed by atoms with van der Waals surface area (Å²) in [5.41, 5.74) is 16.6. The fourth-order valence-electron chi connectivity index (χ4n) is 1.77. The van der Waals surface area contributed by atoms with E-state index in [9.17, 15) is 0 Å². The molecule has 0 heterocycles. The second kappa shape index (κ2) is 4.89. The summed E-state index contributed by atoms with van der Waals surface area (Å²) in [4.78, 5) is 0. The number of para-hydroxylation sites is 2. The van der Waals surface area contributed by atoms with E-state index in [0.717, 1.165) is 22.6 Å². The molecule has 0 bridgehead atoms. The number of hydrogen-bond donors (Lipinski definition) is 3. The average molecular weight is 227 g/mol. The smallest absolute Gasteiger partial charge is 0.0617 e. The fourth-order valence-corrected chi connectivity index (χ4v) is 1.77. The summed E-state index contributed by atoms with van der Waals surface area (Å²) in [6.07, 6.45) is 0. The van der Waals surface area contributed by atoms with Crippen LogP contribution in [-0.4, -0.2) is 0 Å². The Kier molecular flexibility index (Phi) is 3.30. The topological polar surface area (TPSA) is 64.1 Å². The maximum atomic E-state index is 5.90. The second-order valence-electron chi connectivity index (χ2n) is 4.08. The molecule has 2 rings (SSSR count). The van der Waals surface area contributed by atoms with Crippen molar-refractivity contribution in [3.8, 4) is 0 Å². The van der Waals surface area contributed by atoms with Gasteiger partial charge in [-0.1, -0.05) is 29.8 Å². The summed E-state index contributed by atoms with van der Waals surface area (Å²) < 4.78 is 0. The van der Waals surface area contributed by atoms with Gasteiger partial charge in [-0.3, -0.25) is 0 Å². The van der Waals surface area contributed by atoms with Crippen molar-refractivity contribution in [1.29, 1.82) is 0 Å². The van der Waals surface area contributed by atoms with Gasteiger partial charge in [0.25, 0.3) is 0 Å². The third-order valence-corrected chi connectivity index (χ3v) is 2.71. The van der Waals surface area contributed by atoms with E-state index in [1.54, 1.807) is 0 Å². The van der Waals surface area contributed by atoms with Gasteiger partial charge in [0.15, 0.2) is 0 Å². The summed E-state index contributed by atoms with van der Waals surface area (Å²) in [5, 5.41) is 3.31. The average Bonchev–Trinajstić information content (AvgIpc) is 2.34. The summed E-state index contributed by atoms with van der Waals surface area (Å²) >= 11 is 0. The highest BCUT2D eigenvalue weighted by Gasteiger charge is 2.03. The molecule has 0 radical (unpaired) electrons. The molecular formula is C14H17N3. The van der Waals surface area contributed by atoms with Crippen molar-refractivity contribution in [2.75, 3.05) is 11.1 Å². The Balaban J connectivity index is 2.33. The van der Waals surface area contributed by atoms with E-state index >= 15 is 0 Å². The third-order valence-electron chi connectivity index (χ3n) is 2.71. The molecule has 0 spiro atoms. The molecule has 2 aromatic rings. The van der Waals surface area contributed by atoms with Crippen LogP contribution in [0.5, 0.6) is 0 Å². The van der Waals surface area contributed by atoms with E-state index in [-0.39, 0.29) is 0 Å². The van der Waals surface area contributed by atoms with Crippen molar-refractivity contribution in [3.63, 3.8) is 0 Å². The Morgan fingerprint density at radius 1 is 1.06 bits per heavy atom. The lowest BCUT2D eigenvalue weighted by Gasteiger charge is -2.13. The minimum Gasteiger partial charge on any atom is -0.397 e. The van der Waals surface area contributed by atoms with Crippen LogP contribution in [0, 0.1) is 6.92 Å². The molecule has 0 saturated heterocycles. The lowest BCUT2D eigenvalue weighted by Crippen LogP contribution is -2.03. The van der Waals surface area contributed by atoms with Crippen LogP contribution in [0.15, 0.2) is 42.5 Å². The fraction of sp³-hybridized carbons (Fsp3) is 0.143. The standard InChI is InChI=1S/C14H17N3/c1-10-6-7-13(11(8-10)9-15)17-14-5-3-2-4-12(14)16/h2-8,17H,9,15-16H2,1H3. The first-order valence-corrected chi connectivity index (χ1v) is 5.62. The molecule has 0 aliphatic carbocycles. The number of rotatable bonds is 3. The van der Waals surface area contributed by atoms with Crippen LogP contribution in [0.25, 0.3) is 0 Å². The molecule has 88 valence electrons. The molecule has 3 nitrogen and oxygen atoms in total. The highest BCUT2D eigenvalue weighted by molar-refractivity contribution is 5.73. The summed E-state index contributed by atoms with van der Waals surface area (Å²) in [6.45, 7) is 2.57. The van der Waals surface area contributed by atoms with Gasteiger partial charge in [0.1, 0.15) is 0 Å². The lowest BCUT2D eigenvalue weighted by atomic mass is 10.1. The second-order valence-corrected chi connectivity index (χ2v) is 4.08. The Morgan fingerprint density at radius 2 is 1.82 bits per heavy atom. The lowest BCUT2D eigenvalue weighted by molar-refractivity contribution is 1.07. The number of hydrogen-bond acceptors (Lipinski definition) is 3. The minimum absolute atomic E-state index is 0.511. The quantitative estimate of drug-likeness (QED) is 0.706. The zero-order valence-electron chi connectivity index (χ0n) is 9.90. The van der Waals surface area contributed by atoms with Crippen LogP contribution in [0.2, 0.25) is 0 Å². The van der Waals surface area contributed by atoms with Crippen LogP contribution in [0.1, 0.15) is 11.1 Å². The van der Waals surface area contributed by atoms with Crippen molar-refractivity contribution in [2.24, 2.45) is 5.73 Å². The van der Waals surface area contributed by atoms with Crippen molar-refractivity contribution in [2.45, 2.75) is 13.5 Å². The maximum absolute atomic E-state index is 5.90. The molecule has 0 fully saturated rings. The van der Waals surface area contributed by atoms with Crippen LogP contribution in [0.3, 0.4) is 0 Å². The first-order chi connectivity index (χ1) is 8.20. The number of nitrogens with two attached hydrogens (primary N) is 2. The highest BCUT2D eigenvalue weighted by atomic mass is 14.9. The van der Waals surface area contributed by atoms with Gasteiger partial charge >= 0.3 is 0 Å². The zero-order valence-corrected chi connectivity index (χ0v) is 9.90. The molecule has 17 heavy (non-hydrogen) atoms. The molecule has 3 heteroatoms. The molecule has 0 aromatic heterocycles. The molecular weight excluding hydrogens is 210 g/mol. The van der Waals surface area contributed by atoms with Crippen molar-refractivity contribution >= 4 is 17.1 Å². The first kappa shape index (κ1) is 11.5. The van der Waals surface area contributed by atoms with Gasteiger partial charge in [-0.15, -0.1) is 0 Å². The van der Waals surface area contributed by atoms with Gasteiger partial charge in [-0.2, -0.15) is 0 Å². The van der Waals surface area contributed by atoms with E-state index in [1.807, 2.05) is 30.3 Å². The molecule has 0 aliphatic rings. The largest absolute Gasteiger partial charge is 0.397 e. The Hall–Kier alpha value is -2.00. The van der Waals surface area contributed by atoms with Crippen LogP contribution >= 0.6 is 0 Å². The van der Waals surface area contributed by atoms with Crippen molar-refractivity contribution in [3.05, 3.63) is 53.6 Å². The number of anilines is 3. The van der Waals surface area contributed by atoms with Gasteiger partial charge in [0, 0.05) is 12.2 Å². The number of benzene rings is 2. The molecule has 2 aromatic carbocycles. The number of aryl methyl sites for hydroxylation is 1. The Labute approximate surface area is 101 Å². The summed E-state index contributed by atoms with van der Waals surface area (Å²) in [7, 11) is 0. The monoisotopic (exact) mass is 227 g/mol. The van der Waals surface area contributed by atoms with Gasteiger partial charge in [-0.05, 0) is 30.7 Å². The molecule has 0 atom stereocenters. The molecule has 0 saturated carbocycles. The first-order valence-electron chi connectivity index (χ1n) is 5.62. The van der Waals surface area contributed by atoms with Crippen LogP contribution < -0.4 is 16.8 Å². The molecule has 0 amide bonds. The summed E-state index contributed by atoms with van der Waals surface area (Å²) in [6, 6.07) is 13.9. The molecule has 5 N–H and O–H groups in total. The Bertz CT molecular complexity index is 521. The summed E-state index contributed by atoms with van der Waals surface area (Å²) in [5.74, 6) is 0. The van der Waals surface area contributed by atoms with E-state index in [4.69, 9.17) is 11.5 Å². The highest BCUT2D eigenvalue weighted by Crippen LogP contribution is 2.25. The van der Waals surface area contributed by atoms with Gasteiger partial charge in [0.2, 0.25) is 0 Å². The zero-order chi connectivity index (χ0) is 12.3. The van der Waals surface area contributed by atoms with Crippen LogP contribution in [-0.2, 0) is 6.54 Å². The third kappa shape index (κ3) is 2.57. The van der Waals surface area contributed by atoms with E-state index < -0.39 is 0 Å². The van der Waals surface area contributed by atoms with Crippen LogP contribution in [0.4, 0.5) is 17.1 Å².